The first-order chi connectivity index (χ1) is 10.8. The number of rotatable bonds is 2. The zero-order chi connectivity index (χ0) is 14.9. The molecule has 3 heteroatoms. The van der Waals surface area contributed by atoms with Crippen molar-refractivity contribution in [3.8, 4) is 22.5 Å². The summed E-state index contributed by atoms with van der Waals surface area (Å²) in [7, 11) is 0. The molecule has 0 aliphatic rings. The van der Waals surface area contributed by atoms with Gasteiger partial charge >= 0.3 is 0 Å². The fourth-order valence-corrected chi connectivity index (χ4v) is 2.66. The van der Waals surface area contributed by atoms with E-state index in [0.29, 0.717) is 0 Å². The van der Waals surface area contributed by atoms with Gasteiger partial charge in [-0.15, -0.1) is 0 Å². The summed E-state index contributed by atoms with van der Waals surface area (Å²) in [6.07, 6.45) is 0. The summed E-state index contributed by atoms with van der Waals surface area (Å²) in [6, 6.07) is 24.6. The first-order valence-corrected chi connectivity index (χ1v) is 7.29. The van der Waals surface area contributed by atoms with Gasteiger partial charge in [-0.3, -0.25) is 0 Å². The van der Waals surface area contributed by atoms with Crippen molar-refractivity contribution in [3.05, 3.63) is 78.5 Å². The molecule has 0 saturated carbocycles. The first-order valence-electron chi connectivity index (χ1n) is 7.29. The largest absolute Gasteiger partial charge is 0.234 e. The van der Waals surface area contributed by atoms with Gasteiger partial charge in [0, 0.05) is 22.9 Å². The van der Waals surface area contributed by atoms with Crippen molar-refractivity contribution >= 4 is 5.65 Å². The van der Waals surface area contributed by atoms with Crippen LogP contribution in [0, 0.1) is 6.92 Å². The third-order valence-electron chi connectivity index (χ3n) is 3.69. The molecule has 4 aromatic rings. The number of aromatic nitrogens is 3. The van der Waals surface area contributed by atoms with E-state index in [2.05, 4.69) is 35.3 Å². The van der Waals surface area contributed by atoms with E-state index in [1.165, 1.54) is 0 Å². The van der Waals surface area contributed by atoms with E-state index in [0.717, 1.165) is 33.9 Å². The molecular formula is C19H15N3. The average Bonchev–Trinajstić information content (AvgIpc) is 2.99. The average molecular weight is 285 g/mol. The molecule has 0 atom stereocenters. The number of benzene rings is 2. The smallest absolute Gasteiger partial charge is 0.156 e. The van der Waals surface area contributed by atoms with Gasteiger partial charge in [-0.25, -0.2) is 9.50 Å². The van der Waals surface area contributed by atoms with E-state index >= 15 is 0 Å². The molecule has 0 unspecified atom stereocenters. The van der Waals surface area contributed by atoms with Crippen LogP contribution in [0.25, 0.3) is 28.2 Å². The molecule has 0 amide bonds. The van der Waals surface area contributed by atoms with Crippen LogP contribution >= 0.6 is 0 Å². The number of nitrogens with zero attached hydrogens (tertiary/aromatic N) is 3. The highest BCUT2D eigenvalue weighted by Gasteiger charge is 2.10. The fraction of sp³-hybridized carbons (Fsp3) is 0.0526. The Morgan fingerprint density at radius 3 is 2.09 bits per heavy atom. The van der Waals surface area contributed by atoms with Gasteiger partial charge in [0.2, 0.25) is 0 Å². The summed E-state index contributed by atoms with van der Waals surface area (Å²) < 4.78 is 1.92. The minimum atomic E-state index is 0.873. The molecule has 106 valence electrons. The standard InChI is InChI=1S/C19H15N3/c1-14-12-18(16-10-6-3-7-11-16)22-19(20-14)13-17(21-22)15-8-4-2-5-9-15/h2-13H,1H3. The number of hydrogen-bond donors (Lipinski definition) is 0. The Labute approximate surface area is 128 Å². The van der Waals surface area contributed by atoms with Crippen LogP contribution in [0.1, 0.15) is 5.69 Å². The maximum atomic E-state index is 4.75. The highest BCUT2D eigenvalue weighted by Crippen LogP contribution is 2.24. The molecule has 0 N–H and O–H groups in total. The Balaban J connectivity index is 1.97. The molecule has 22 heavy (non-hydrogen) atoms. The Morgan fingerprint density at radius 1 is 0.773 bits per heavy atom. The van der Waals surface area contributed by atoms with E-state index < -0.39 is 0 Å². The molecule has 0 aliphatic heterocycles. The van der Waals surface area contributed by atoms with Crippen LogP contribution in [0.3, 0.4) is 0 Å². The van der Waals surface area contributed by atoms with Crippen molar-refractivity contribution in [2.75, 3.05) is 0 Å². The molecule has 4 rings (SSSR count). The molecule has 0 saturated heterocycles. The minimum Gasteiger partial charge on any atom is -0.234 e. The molecule has 0 aliphatic carbocycles. The topological polar surface area (TPSA) is 30.2 Å². The summed E-state index contributed by atoms with van der Waals surface area (Å²) in [6.45, 7) is 2.02. The molecule has 0 spiro atoms. The van der Waals surface area contributed by atoms with Gasteiger partial charge < -0.3 is 0 Å². The van der Waals surface area contributed by atoms with Gasteiger partial charge in [0.15, 0.2) is 5.65 Å². The van der Waals surface area contributed by atoms with Crippen molar-refractivity contribution in [1.82, 2.24) is 14.6 Å². The van der Waals surface area contributed by atoms with Crippen LogP contribution in [0.15, 0.2) is 72.8 Å². The molecule has 2 heterocycles. The van der Waals surface area contributed by atoms with Gasteiger partial charge in [0.1, 0.15) is 0 Å². The van der Waals surface area contributed by atoms with E-state index in [1.54, 1.807) is 0 Å². The Bertz CT molecular complexity index is 925. The Kier molecular flexibility index (Phi) is 2.97. The zero-order valence-electron chi connectivity index (χ0n) is 12.3. The summed E-state index contributed by atoms with van der Waals surface area (Å²) in [5.74, 6) is 0. The lowest BCUT2D eigenvalue weighted by atomic mass is 10.1. The van der Waals surface area contributed by atoms with Crippen molar-refractivity contribution in [2.45, 2.75) is 6.92 Å². The number of hydrogen-bond acceptors (Lipinski definition) is 2. The molecule has 0 fully saturated rings. The van der Waals surface area contributed by atoms with Gasteiger partial charge in [0.25, 0.3) is 0 Å². The molecule has 0 bridgehead atoms. The Hall–Kier alpha value is -2.94. The van der Waals surface area contributed by atoms with E-state index in [9.17, 15) is 0 Å². The molecule has 3 nitrogen and oxygen atoms in total. The molecule has 2 aromatic carbocycles. The van der Waals surface area contributed by atoms with Crippen LogP contribution in [-0.2, 0) is 0 Å². The van der Waals surface area contributed by atoms with Crippen molar-refractivity contribution in [2.24, 2.45) is 0 Å². The predicted molar refractivity (Wildman–Crippen MR) is 88.6 cm³/mol. The summed E-state index contributed by atoms with van der Waals surface area (Å²) >= 11 is 0. The summed E-state index contributed by atoms with van der Waals surface area (Å²) in [5.41, 5.74) is 6.11. The zero-order valence-corrected chi connectivity index (χ0v) is 12.3. The van der Waals surface area contributed by atoms with Gasteiger partial charge in [-0.2, -0.15) is 5.10 Å². The van der Waals surface area contributed by atoms with Crippen LogP contribution in [-0.4, -0.2) is 14.6 Å². The minimum absolute atomic E-state index is 0.873. The lowest BCUT2D eigenvalue weighted by Crippen LogP contribution is -1.97. The summed E-state index contributed by atoms with van der Waals surface area (Å²) in [5, 5.41) is 4.75. The van der Waals surface area contributed by atoms with E-state index in [1.807, 2.05) is 53.9 Å². The molecular weight excluding hydrogens is 270 g/mol. The third kappa shape index (κ3) is 2.17. The van der Waals surface area contributed by atoms with Gasteiger partial charge in [-0.05, 0) is 13.0 Å². The maximum absolute atomic E-state index is 4.75. The van der Waals surface area contributed by atoms with E-state index in [-0.39, 0.29) is 0 Å². The fourth-order valence-electron chi connectivity index (χ4n) is 2.66. The van der Waals surface area contributed by atoms with Crippen molar-refractivity contribution in [3.63, 3.8) is 0 Å². The Morgan fingerprint density at radius 2 is 1.41 bits per heavy atom. The number of aryl methyl sites for hydroxylation is 1. The summed E-state index contributed by atoms with van der Waals surface area (Å²) in [4.78, 5) is 4.61. The van der Waals surface area contributed by atoms with Crippen LogP contribution in [0.5, 0.6) is 0 Å². The van der Waals surface area contributed by atoms with Crippen LogP contribution in [0.4, 0.5) is 0 Å². The maximum Gasteiger partial charge on any atom is 0.156 e. The van der Waals surface area contributed by atoms with Gasteiger partial charge in [0.05, 0.1) is 11.4 Å². The predicted octanol–water partition coefficient (Wildman–Crippen LogP) is 4.37. The molecule has 0 radical (unpaired) electrons. The number of fused-ring (bicyclic) bond motifs is 1. The second kappa shape index (κ2) is 5.11. The van der Waals surface area contributed by atoms with E-state index in [4.69, 9.17) is 5.10 Å². The molecule has 2 aromatic heterocycles. The van der Waals surface area contributed by atoms with Crippen LogP contribution < -0.4 is 0 Å². The second-order valence-corrected chi connectivity index (χ2v) is 5.31. The lowest BCUT2D eigenvalue weighted by molar-refractivity contribution is 0.942. The SMILES string of the molecule is Cc1cc(-c2ccccc2)n2nc(-c3ccccc3)cc2n1. The monoisotopic (exact) mass is 285 g/mol. The quantitative estimate of drug-likeness (QED) is 0.547. The van der Waals surface area contributed by atoms with Crippen molar-refractivity contribution < 1.29 is 0 Å². The van der Waals surface area contributed by atoms with Gasteiger partial charge in [-0.1, -0.05) is 60.7 Å². The first kappa shape index (κ1) is 12.8. The highest BCUT2D eigenvalue weighted by atomic mass is 15.3. The van der Waals surface area contributed by atoms with Crippen LogP contribution in [0.2, 0.25) is 0 Å². The normalized spacial score (nSPS) is 11.0. The third-order valence-corrected chi connectivity index (χ3v) is 3.69. The second-order valence-electron chi connectivity index (χ2n) is 5.31. The lowest BCUT2D eigenvalue weighted by Gasteiger charge is -2.05. The highest BCUT2D eigenvalue weighted by molar-refractivity contribution is 5.68. The van der Waals surface area contributed by atoms with Crippen molar-refractivity contribution in [1.29, 1.82) is 0 Å².